The summed E-state index contributed by atoms with van der Waals surface area (Å²) >= 11 is 0. The SMILES string of the molecule is CC1Oc2ccc(Nc3ccc([N+](=O)[O-])c(-c4ccccc4)n3)cc2NC1=O. The van der Waals surface area contributed by atoms with Gasteiger partial charge in [0.25, 0.3) is 11.6 Å². The monoisotopic (exact) mass is 376 g/mol. The average Bonchev–Trinajstić information content (AvgIpc) is 2.69. The molecule has 1 atom stereocenters. The lowest BCUT2D eigenvalue weighted by molar-refractivity contribution is -0.384. The standard InChI is InChI=1S/C20H16N4O4/c1-12-20(25)22-15-11-14(7-9-17(15)28-12)21-18-10-8-16(24(26)27)19(23-18)13-5-3-2-4-6-13/h2-12H,1H3,(H,21,23)(H,22,25). The third kappa shape index (κ3) is 3.35. The number of ether oxygens (including phenoxy) is 1. The number of nitro groups is 1. The Hall–Kier alpha value is -3.94. The quantitative estimate of drug-likeness (QED) is 0.524. The highest BCUT2D eigenvalue weighted by atomic mass is 16.6. The lowest BCUT2D eigenvalue weighted by Gasteiger charge is -2.23. The summed E-state index contributed by atoms with van der Waals surface area (Å²) in [5.74, 6) is 0.810. The Morgan fingerprint density at radius 2 is 1.93 bits per heavy atom. The van der Waals surface area contributed by atoms with E-state index in [0.717, 1.165) is 0 Å². The molecule has 0 saturated carbocycles. The van der Waals surface area contributed by atoms with E-state index in [2.05, 4.69) is 15.6 Å². The molecule has 2 heterocycles. The number of nitrogens with one attached hydrogen (secondary N) is 2. The summed E-state index contributed by atoms with van der Waals surface area (Å²) in [6.45, 7) is 1.68. The zero-order valence-electron chi connectivity index (χ0n) is 14.9. The molecule has 28 heavy (non-hydrogen) atoms. The molecule has 0 radical (unpaired) electrons. The molecule has 1 aliphatic heterocycles. The van der Waals surface area contributed by atoms with Gasteiger partial charge in [-0.2, -0.15) is 0 Å². The van der Waals surface area contributed by atoms with E-state index in [1.54, 1.807) is 55.5 Å². The van der Waals surface area contributed by atoms with Gasteiger partial charge in [0.15, 0.2) is 11.8 Å². The number of rotatable bonds is 4. The molecule has 8 heteroatoms. The highest BCUT2D eigenvalue weighted by Crippen LogP contribution is 2.34. The molecule has 0 bridgehead atoms. The molecule has 0 spiro atoms. The normalized spacial score (nSPS) is 15.2. The molecule has 8 nitrogen and oxygen atoms in total. The third-order valence-corrected chi connectivity index (χ3v) is 4.30. The van der Waals surface area contributed by atoms with Gasteiger partial charge in [0.2, 0.25) is 0 Å². The van der Waals surface area contributed by atoms with E-state index in [9.17, 15) is 14.9 Å². The maximum Gasteiger partial charge on any atom is 0.295 e. The number of carbonyl (C=O) groups is 1. The summed E-state index contributed by atoms with van der Waals surface area (Å²) in [5, 5.41) is 17.3. The number of nitrogens with zero attached hydrogens (tertiary/aromatic N) is 2. The van der Waals surface area contributed by atoms with Crippen molar-refractivity contribution in [2.24, 2.45) is 0 Å². The molecular weight excluding hydrogens is 360 g/mol. The maximum absolute atomic E-state index is 11.8. The van der Waals surface area contributed by atoms with Crippen molar-refractivity contribution in [1.82, 2.24) is 4.98 Å². The Morgan fingerprint density at radius 1 is 1.14 bits per heavy atom. The highest BCUT2D eigenvalue weighted by molar-refractivity contribution is 5.98. The molecule has 2 aromatic carbocycles. The first-order chi connectivity index (χ1) is 13.5. The number of fused-ring (bicyclic) bond motifs is 1. The number of pyridine rings is 1. The van der Waals surface area contributed by atoms with Crippen molar-refractivity contribution in [3.8, 4) is 17.0 Å². The molecule has 2 N–H and O–H groups in total. The number of benzene rings is 2. The fraction of sp³-hybridized carbons (Fsp3) is 0.100. The van der Waals surface area contributed by atoms with Gasteiger partial charge in [-0.25, -0.2) is 4.98 Å². The Bertz CT molecular complexity index is 1070. The summed E-state index contributed by atoms with van der Waals surface area (Å²) in [6, 6.07) is 17.2. The summed E-state index contributed by atoms with van der Waals surface area (Å²) in [4.78, 5) is 27.1. The molecule has 0 fully saturated rings. The average molecular weight is 376 g/mol. The topological polar surface area (TPSA) is 106 Å². The van der Waals surface area contributed by atoms with E-state index < -0.39 is 11.0 Å². The summed E-state index contributed by atoms with van der Waals surface area (Å²) < 4.78 is 5.54. The van der Waals surface area contributed by atoms with Gasteiger partial charge in [-0.1, -0.05) is 30.3 Å². The van der Waals surface area contributed by atoms with Gasteiger partial charge in [-0.3, -0.25) is 14.9 Å². The van der Waals surface area contributed by atoms with Crippen molar-refractivity contribution in [2.75, 3.05) is 10.6 Å². The minimum absolute atomic E-state index is 0.0724. The minimum Gasteiger partial charge on any atom is -0.479 e. The van der Waals surface area contributed by atoms with E-state index >= 15 is 0 Å². The van der Waals surface area contributed by atoms with Gasteiger partial charge in [-0.05, 0) is 31.2 Å². The number of aromatic nitrogens is 1. The van der Waals surface area contributed by atoms with E-state index in [1.807, 2.05) is 6.07 Å². The molecule has 1 amide bonds. The number of carbonyl (C=O) groups excluding carboxylic acids is 1. The van der Waals surface area contributed by atoms with E-state index in [1.165, 1.54) is 6.07 Å². The van der Waals surface area contributed by atoms with Crippen LogP contribution >= 0.6 is 0 Å². The number of hydrogen-bond donors (Lipinski definition) is 2. The first-order valence-electron chi connectivity index (χ1n) is 8.61. The first kappa shape index (κ1) is 17.5. The van der Waals surface area contributed by atoms with Gasteiger partial charge in [-0.15, -0.1) is 0 Å². The molecule has 1 aromatic heterocycles. The van der Waals surface area contributed by atoms with Crippen LogP contribution < -0.4 is 15.4 Å². The van der Waals surface area contributed by atoms with Crippen molar-refractivity contribution in [3.63, 3.8) is 0 Å². The molecule has 0 aliphatic carbocycles. The van der Waals surface area contributed by atoms with Gasteiger partial charge in [0.1, 0.15) is 11.6 Å². The van der Waals surface area contributed by atoms with Gasteiger partial charge in [0, 0.05) is 17.3 Å². The Kier molecular flexibility index (Phi) is 4.36. The highest BCUT2D eigenvalue weighted by Gasteiger charge is 2.23. The lowest BCUT2D eigenvalue weighted by Crippen LogP contribution is -2.34. The smallest absolute Gasteiger partial charge is 0.295 e. The molecule has 0 saturated heterocycles. The molecule has 3 aromatic rings. The van der Waals surface area contributed by atoms with E-state index in [0.29, 0.717) is 28.5 Å². The zero-order valence-corrected chi connectivity index (χ0v) is 14.9. The minimum atomic E-state index is -0.545. The van der Waals surface area contributed by atoms with Crippen LogP contribution in [-0.2, 0) is 4.79 Å². The van der Waals surface area contributed by atoms with Crippen LogP contribution in [0.15, 0.2) is 60.7 Å². The third-order valence-electron chi connectivity index (χ3n) is 4.30. The van der Waals surface area contributed by atoms with Crippen LogP contribution in [0.25, 0.3) is 11.3 Å². The fourth-order valence-electron chi connectivity index (χ4n) is 2.91. The van der Waals surface area contributed by atoms with Crippen LogP contribution in [0, 0.1) is 10.1 Å². The molecule has 1 unspecified atom stereocenters. The summed E-state index contributed by atoms with van der Waals surface area (Å²) in [7, 11) is 0. The Labute approximate surface area is 160 Å². The predicted octanol–water partition coefficient (Wildman–Crippen LogP) is 4.12. The van der Waals surface area contributed by atoms with Gasteiger partial charge < -0.3 is 15.4 Å². The van der Waals surface area contributed by atoms with Crippen LogP contribution in [0.1, 0.15) is 6.92 Å². The van der Waals surface area contributed by atoms with Crippen LogP contribution in [0.5, 0.6) is 5.75 Å². The fourth-order valence-corrected chi connectivity index (χ4v) is 2.91. The second-order valence-electron chi connectivity index (χ2n) is 6.27. The first-order valence-corrected chi connectivity index (χ1v) is 8.61. The second-order valence-corrected chi connectivity index (χ2v) is 6.27. The number of anilines is 3. The summed E-state index contributed by atoms with van der Waals surface area (Å²) in [6.07, 6.45) is -0.545. The van der Waals surface area contributed by atoms with Crippen LogP contribution in [0.3, 0.4) is 0 Å². The predicted molar refractivity (Wildman–Crippen MR) is 105 cm³/mol. The van der Waals surface area contributed by atoms with Crippen molar-refractivity contribution in [3.05, 3.63) is 70.8 Å². The van der Waals surface area contributed by atoms with Crippen molar-refractivity contribution in [1.29, 1.82) is 0 Å². The largest absolute Gasteiger partial charge is 0.479 e. The molecular formula is C20H16N4O4. The van der Waals surface area contributed by atoms with Crippen molar-refractivity contribution in [2.45, 2.75) is 13.0 Å². The van der Waals surface area contributed by atoms with Gasteiger partial charge >= 0.3 is 0 Å². The number of amides is 1. The van der Waals surface area contributed by atoms with E-state index in [-0.39, 0.29) is 17.3 Å². The summed E-state index contributed by atoms with van der Waals surface area (Å²) in [5.41, 5.74) is 2.07. The Morgan fingerprint density at radius 3 is 2.68 bits per heavy atom. The lowest BCUT2D eigenvalue weighted by atomic mass is 10.1. The molecule has 140 valence electrons. The zero-order chi connectivity index (χ0) is 19.7. The molecule has 4 rings (SSSR count). The second kappa shape index (κ2) is 6.99. The van der Waals surface area contributed by atoms with E-state index in [4.69, 9.17) is 4.74 Å². The van der Waals surface area contributed by atoms with Crippen molar-refractivity contribution >= 4 is 28.8 Å². The van der Waals surface area contributed by atoms with Crippen LogP contribution in [-0.4, -0.2) is 21.9 Å². The Balaban J connectivity index is 1.67. The van der Waals surface area contributed by atoms with Gasteiger partial charge in [0.05, 0.1) is 10.6 Å². The number of hydrogen-bond acceptors (Lipinski definition) is 6. The van der Waals surface area contributed by atoms with Crippen LogP contribution in [0.4, 0.5) is 22.9 Å². The van der Waals surface area contributed by atoms with Crippen molar-refractivity contribution < 1.29 is 14.5 Å². The maximum atomic E-state index is 11.8. The van der Waals surface area contributed by atoms with Crippen LogP contribution in [0.2, 0.25) is 0 Å². The molecule has 1 aliphatic rings.